The average Bonchev–Trinajstić information content (AvgIpc) is 2.71. The fourth-order valence-electron chi connectivity index (χ4n) is 3.69. The number of rotatable bonds is 7. The molecule has 0 spiro atoms. The van der Waals surface area contributed by atoms with Crippen LogP contribution in [0.3, 0.4) is 0 Å². The van der Waals surface area contributed by atoms with Gasteiger partial charge in [-0.15, -0.1) is 0 Å². The third-order valence-corrected chi connectivity index (χ3v) is 5.32. The van der Waals surface area contributed by atoms with Gasteiger partial charge in [0.2, 0.25) is 0 Å². The quantitative estimate of drug-likeness (QED) is 0.314. The summed E-state index contributed by atoms with van der Waals surface area (Å²) in [5.41, 5.74) is 4.99. The molecule has 0 atom stereocenters. The van der Waals surface area contributed by atoms with Crippen LogP contribution in [0.2, 0.25) is 0 Å². The van der Waals surface area contributed by atoms with Crippen LogP contribution in [0.5, 0.6) is 0 Å². The Morgan fingerprint density at radius 3 is 2.39 bits per heavy atom. The van der Waals surface area contributed by atoms with Gasteiger partial charge in [-0.3, -0.25) is 9.79 Å². The molecule has 0 aliphatic heterocycles. The summed E-state index contributed by atoms with van der Waals surface area (Å²) in [5.74, 6) is -0.512. The maximum absolute atomic E-state index is 13.3. The topological polar surface area (TPSA) is 103 Å². The van der Waals surface area contributed by atoms with E-state index in [9.17, 15) is 26.7 Å². The minimum Gasteiger partial charge on any atom is -0.402 e. The average molecular weight is 471 g/mol. The lowest BCUT2D eigenvalue weighted by Gasteiger charge is -2.30. The molecule has 0 saturated heterocycles. The van der Waals surface area contributed by atoms with Crippen LogP contribution in [0.4, 0.5) is 27.6 Å². The molecule has 1 fully saturated rings. The van der Waals surface area contributed by atoms with E-state index < -0.39 is 36.2 Å². The molecule has 33 heavy (non-hydrogen) atoms. The minimum atomic E-state index is -4.64. The Morgan fingerprint density at radius 1 is 1.27 bits per heavy atom. The third kappa shape index (κ3) is 7.44. The lowest BCUT2D eigenvalue weighted by atomic mass is 9.90. The van der Waals surface area contributed by atoms with E-state index in [0.717, 1.165) is 12.3 Å². The van der Waals surface area contributed by atoms with Crippen molar-refractivity contribution in [2.24, 2.45) is 10.7 Å². The molecule has 0 aromatic heterocycles. The number of allylic oxidation sites excluding steroid dienone is 1. The normalized spacial score (nSPS) is 19.8. The lowest BCUT2D eigenvalue weighted by molar-refractivity contribution is -0.137. The van der Waals surface area contributed by atoms with E-state index in [-0.39, 0.29) is 34.6 Å². The van der Waals surface area contributed by atoms with Gasteiger partial charge in [0.1, 0.15) is 6.07 Å². The summed E-state index contributed by atoms with van der Waals surface area (Å²) in [6.07, 6.45) is -3.92. The van der Waals surface area contributed by atoms with Gasteiger partial charge in [0.15, 0.2) is 0 Å². The Balaban J connectivity index is 1.98. The van der Waals surface area contributed by atoms with Crippen molar-refractivity contribution in [1.82, 2.24) is 5.32 Å². The number of aryl methyl sites for hydroxylation is 1. The first-order chi connectivity index (χ1) is 15.4. The molecule has 1 amide bonds. The SMILES string of the molecule is C/C(N)=C(/C=NCC(F)F)C(=O)NC1CCC(Nc2cc(C)c(C#N)c(C(F)(F)F)c2)CC1. The summed E-state index contributed by atoms with van der Waals surface area (Å²) >= 11 is 0. The number of nitrogens with zero attached hydrogens (tertiary/aromatic N) is 2. The second kappa shape index (κ2) is 11.1. The number of alkyl halides is 5. The van der Waals surface area contributed by atoms with Gasteiger partial charge in [0, 0.05) is 29.7 Å². The zero-order chi connectivity index (χ0) is 24.8. The van der Waals surface area contributed by atoms with Crippen LogP contribution in [0.25, 0.3) is 0 Å². The molecule has 0 heterocycles. The molecule has 6 nitrogen and oxygen atoms in total. The Morgan fingerprint density at radius 2 is 1.88 bits per heavy atom. The Hall–Kier alpha value is -3.16. The van der Waals surface area contributed by atoms with Crippen LogP contribution in [0.1, 0.15) is 49.3 Å². The highest BCUT2D eigenvalue weighted by Crippen LogP contribution is 2.36. The molecule has 1 aliphatic carbocycles. The van der Waals surface area contributed by atoms with E-state index >= 15 is 0 Å². The molecule has 11 heteroatoms. The van der Waals surface area contributed by atoms with Gasteiger partial charge in [-0.05, 0) is 57.2 Å². The van der Waals surface area contributed by atoms with Gasteiger partial charge in [0.05, 0.1) is 23.2 Å². The number of anilines is 1. The van der Waals surface area contributed by atoms with Gasteiger partial charge < -0.3 is 16.4 Å². The summed E-state index contributed by atoms with van der Waals surface area (Å²) in [6, 6.07) is 3.77. The molecule has 0 radical (unpaired) electrons. The monoisotopic (exact) mass is 471 g/mol. The van der Waals surface area contributed by atoms with Crippen LogP contribution in [-0.4, -0.2) is 37.2 Å². The molecule has 180 valence electrons. The first-order valence-corrected chi connectivity index (χ1v) is 10.4. The van der Waals surface area contributed by atoms with Gasteiger partial charge in [0.25, 0.3) is 12.3 Å². The van der Waals surface area contributed by atoms with Crippen LogP contribution in [-0.2, 0) is 11.0 Å². The maximum atomic E-state index is 13.3. The number of carbonyl (C=O) groups excluding carboxylic acids is 1. The van der Waals surface area contributed by atoms with E-state index in [1.54, 1.807) is 6.07 Å². The van der Waals surface area contributed by atoms with Gasteiger partial charge in [-0.25, -0.2) is 8.78 Å². The van der Waals surface area contributed by atoms with Crippen molar-refractivity contribution in [3.63, 3.8) is 0 Å². The molecular formula is C22H26F5N5O. The first-order valence-electron chi connectivity index (χ1n) is 10.4. The molecule has 2 rings (SSSR count). The smallest absolute Gasteiger partial charge is 0.402 e. The fraction of sp³-hybridized carbons (Fsp3) is 0.500. The minimum absolute atomic E-state index is 0.0173. The van der Waals surface area contributed by atoms with Crippen molar-refractivity contribution in [2.45, 2.75) is 64.2 Å². The van der Waals surface area contributed by atoms with Crippen molar-refractivity contribution in [3.05, 3.63) is 40.1 Å². The summed E-state index contributed by atoms with van der Waals surface area (Å²) in [4.78, 5) is 16.0. The van der Waals surface area contributed by atoms with Gasteiger partial charge in [-0.2, -0.15) is 18.4 Å². The number of benzene rings is 1. The molecule has 0 bridgehead atoms. The van der Waals surface area contributed by atoms with Crippen molar-refractivity contribution in [3.8, 4) is 6.07 Å². The van der Waals surface area contributed by atoms with Crippen LogP contribution in [0, 0.1) is 18.3 Å². The molecule has 1 saturated carbocycles. The highest BCUT2D eigenvalue weighted by molar-refractivity contribution is 6.12. The second-order valence-corrected chi connectivity index (χ2v) is 7.97. The van der Waals surface area contributed by atoms with E-state index in [0.29, 0.717) is 25.7 Å². The molecular weight excluding hydrogens is 445 g/mol. The summed E-state index contributed by atoms with van der Waals surface area (Å²) < 4.78 is 64.4. The second-order valence-electron chi connectivity index (χ2n) is 7.97. The summed E-state index contributed by atoms with van der Waals surface area (Å²) in [5, 5.41) is 15.0. The Labute approximate surface area is 188 Å². The molecule has 1 aromatic carbocycles. The predicted octanol–water partition coefficient (Wildman–Crippen LogP) is 4.29. The van der Waals surface area contributed by atoms with Crippen LogP contribution < -0.4 is 16.4 Å². The number of hydrogen-bond acceptors (Lipinski definition) is 5. The van der Waals surface area contributed by atoms with Gasteiger partial charge >= 0.3 is 6.18 Å². The van der Waals surface area contributed by atoms with Crippen molar-refractivity contribution in [2.75, 3.05) is 11.9 Å². The summed E-state index contributed by atoms with van der Waals surface area (Å²) in [6.45, 7) is 2.20. The largest absolute Gasteiger partial charge is 0.417 e. The molecule has 4 N–H and O–H groups in total. The highest BCUT2D eigenvalue weighted by Gasteiger charge is 2.35. The van der Waals surface area contributed by atoms with Crippen molar-refractivity contribution < 1.29 is 26.7 Å². The third-order valence-electron chi connectivity index (χ3n) is 5.32. The Bertz CT molecular complexity index is 953. The number of amides is 1. The number of nitrogens with two attached hydrogens (primary N) is 1. The van der Waals surface area contributed by atoms with Crippen molar-refractivity contribution >= 4 is 17.8 Å². The molecule has 1 aliphatic rings. The number of hydrogen-bond donors (Lipinski definition) is 3. The molecule has 0 unspecified atom stereocenters. The zero-order valence-electron chi connectivity index (χ0n) is 18.3. The first kappa shape index (κ1) is 26.1. The zero-order valence-corrected chi connectivity index (χ0v) is 18.3. The maximum Gasteiger partial charge on any atom is 0.417 e. The standard InChI is InChI=1S/C22H26F5N5O/c1-12-7-16(8-19(17(12)9-28)22(25,26)27)31-14-3-5-15(6-4-14)32-21(33)18(13(2)29)10-30-11-20(23)24/h7-8,10,14-15,20,31H,3-6,11,29H2,1-2H3,(H,32,33)/b18-13+,30-10?. The number of nitrogens with one attached hydrogen (secondary N) is 2. The van der Waals surface area contributed by atoms with E-state index in [4.69, 9.17) is 11.0 Å². The highest BCUT2D eigenvalue weighted by atomic mass is 19.4. The van der Waals surface area contributed by atoms with E-state index in [1.165, 1.54) is 19.9 Å². The predicted molar refractivity (Wildman–Crippen MR) is 115 cm³/mol. The fourth-order valence-corrected chi connectivity index (χ4v) is 3.69. The Kier molecular flexibility index (Phi) is 8.79. The number of nitriles is 1. The lowest BCUT2D eigenvalue weighted by Crippen LogP contribution is -2.41. The van der Waals surface area contributed by atoms with Crippen LogP contribution in [0.15, 0.2) is 28.4 Å². The van der Waals surface area contributed by atoms with Crippen LogP contribution >= 0.6 is 0 Å². The number of carbonyl (C=O) groups is 1. The van der Waals surface area contributed by atoms with Crippen molar-refractivity contribution in [1.29, 1.82) is 5.26 Å². The summed E-state index contributed by atoms with van der Waals surface area (Å²) in [7, 11) is 0. The number of halogens is 5. The van der Waals surface area contributed by atoms with Gasteiger partial charge in [-0.1, -0.05) is 0 Å². The van der Waals surface area contributed by atoms with E-state index in [1.807, 2.05) is 0 Å². The molecule has 1 aromatic rings. The van der Waals surface area contributed by atoms with E-state index in [2.05, 4.69) is 15.6 Å². The number of aliphatic imine (C=N–C) groups is 1.